The van der Waals surface area contributed by atoms with E-state index in [2.05, 4.69) is 28.0 Å². The maximum Gasteiger partial charge on any atom is 0.261 e. The van der Waals surface area contributed by atoms with Gasteiger partial charge in [-0.3, -0.25) is 19.4 Å². The predicted molar refractivity (Wildman–Crippen MR) is 117 cm³/mol. The van der Waals surface area contributed by atoms with Gasteiger partial charge in [0.2, 0.25) is 0 Å². The summed E-state index contributed by atoms with van der Waals surface area (Å²) in [5.41, 5.74) is 2.08. The van der Waals surface area contributed by atoms with E-state index >= 15 is 0 Å². The summed E-state index contributed by atoms with van der Waals surface area (Å²) in [5, 5.41) is 1.16. The van der Waals surface area contributed by atoms with Crippen molar-refractivity contribution in [2.45, 2.75) is 6.42 Å². The Balaban J connectivity index is 1.13. The molecule has 5 rings (SSSR count). The first-order valence-electron chi connectivity index (χ1n) is 10.5. The Morgan fingerprint density at radius 1 is 0.733 bits per heavy atom. The number of fused-ring (bicyclic) bond motifs is 2. The molecular formula is C24H24N4O2. The standard InChI is InChI=1S/C24H24N4O2/c29-23-19-7-2-3-8-20(19)24(30)28(23)13-5-12-26-14-16-27(17-15-26)22-11-10-18-6-1-4-9-21(18)25-22/h1-4,6-11H,5,12-17H2. The summed E-state index contributed by atoms with van der Waals surface area (Å²) in [4.78, 5) is 35.8. The van der Waals surface area contributed by atoms with Crippen LogP contribution >= 0.6 is 0 Å². The molecule has 1 fully saturated rings. The number of para-hydroxylation sites is 1. The van der Waals surface area contributed by atoms with Gasteiger partial charge >= 0.3 is 0 Å². The van der Waals surface area contributed by atoms with Gasteiger partial charge in [-0.2, -0.15) is 0 Å². The van der Waals surface area contributed by atoms with Crippen LogP contribution in [-0.4, -0.2) is 65.9 Å². The number of imide groups is 1. The minimum atomic E-state index is -0.164. The third-order valence-electron chi connectivity index (χ3n) is 6.01. The first-order chi connectivity index (χ1) is 14.7. The zero-order chi connectivity index (χ0) is 20.5. The van der Waals surface area contributed by atoms with Gasteiger partial charge in [0.05, 0.1) is 16.6 Å². The molecule has 0 N–H and O–H groups in total. The molecule has 6 heteroatoms. The van der Waals surface area contributed by atoms with Crippen LogP contribution < -0.4 is 4.90 Å². The van der Waals surface area contributed by atoms with Gasteiger partial charge in [0.1, 0.15) is 5.82 Å². The topological polar surface area (TPSA) is 56.8 Å². The Morgan fingerprint density at radius 2 is 1.40 bits per heavy atom. The number of amides is 2. The third kappa shape index (κ3) is 3.44. The van der Waals surface area contributed by atoms with Crippen molar-refractivity contribution in [1.82, 2.24) is 14.8 Å². The van der Waals surface area contributed by atoms with Gasteiger partial charge in [-0.25, -0.2) is 4.98 Å². The van der Waals surface area contributed by atoms with Gasteiger partial charge in [-0.05, 0) is 43.3 Å². The fourth-order valence-corrected chi connectivity index (χ4v) is 4.33. The van der Waals surface area contributed by atoms with E-state index < -0.39 is 0 Å². The average Bonchev–Trinajstić information content (AvgIpc) is 3.04. The molecule has 3 heterocycles. The lowest BCUT2D eigenvalue weighted by Gasteiger charge is -2.35. The molecule has 0 saturated carbocycles. The lowest BCUT2D eigenvalue weighted by molar-refractivity contribution is 0.0647. The summed E-state index contributed by atoms with van der Waals surface area (Å²) >= 11 is 0. The number of carbonyl (C=O) groups excluding carboxylic acids is 2. The van der Waals surface area contributed by atoms with E-state index in [0.717, 1.165) is 55.9 Å². The number of benzene rings is 2. The lowest BCUT2D eigenvalue weighted by Crippen LogP contribution is -2.47. The summed E-state index contributed by atoms with van der Waals surface area (Å²) in [6.45, 7) is 5.12. The number of nitrogens with zero attached hydrogens (tertiary/aromatic N) is 4. The van der Waals surface area contributed by atoms with Crippen LogP contribution in [0.5, 0.6) is 0 Å². The van der Waals surface area contributed by atoms with Crippen LogP contribution in [0.1, 0.15) is 27.1 Å². The Bertz CT molecular complexity index is 1070. The summed E-state index contributed by atoms with van der Waals surface area (Å²) in [6.07, 6.45) is 0.791. The Labute approximate surface area is 175 Å². The van der Waals surface area contributed by atoms with Crippen molar-refractivity contribution in [2.75, 3.05) is 44.2 Å². The molecular weight excluding hydrogens is 376 g/mol. The highest BCUT2D eigenvalue weighted by atomic mass is 16.2. The number of anilines is 1. The number of rotatable bonds is 5. The van der Waals surface area contributed by atoms with Gasteiger partial charge in [0, 0.05) is 38.1 Å². The highest BCUT2D eigenvalue weighted by Crippen LogP contribution is 2.23. The van der Waals surface area contributed by atoms with Crippen molar-refractivity contribution >= 4 is 28.5 Å². The minimum Gasteiger partial charge on any atom is -0.354 e. The third-order valence-corrected chi connectivity index (χ3v) is 6.01. The smallest absolute Gasteiger partial charge is 0.261 e. The van der Waals surface area contributed by atoms with Crippen LogP contribution in [0.2, 0.25) is 0 Å². The molecule has 1 aromatic heterocycles. The first kappa shape index (κ1) is 18.8. The highest BCUT2D eigenvalue weighted by Gasteiger charge is 2.34. The van der Waals surface area contributed by atoms with Crippen molar-refractivity contribution in [3.8, 4) is 0 Å². The molecule has 0 radical (unpaired) electrons. The van der Waals surface area contributed by atoms with Crippen LogP contribution in [0, 0.1) is 0 Å². The molecule has 0 aliphatic carbocycles. The quantitative estimate of drug-likeness (QED) is 0.616. The molecule has 0 unspecified atom stereocenters. The Morgan fingerprint density at radius 3 is 2.13 bits per heavy atom. The average molecular weight is 400 g/mol. The highest BCUT2D eigenvalue weighted by molar-refractivity contribution is 6.21. The second-order valence-corrected chi connectivity index (χ2v) is 7.85. The first-order valence-corrected chi connectivity index (χ1v) is 10.5. The van der Waals surface area contributed by atoms with Crippen LogP contribution in [0.4, 0.5) is 5.82 Å². The van der Waals surface area contributed by atoms with Crippen LogP contribution in [0.15, 0.2) is 60.7 Å². The van der Waals surface area contributed by atoms with E-state index in [1.807, 2.05) is 18.2 Å². The molecule has 3 aromatic rings. The molecule has 2 aromatic carbocycles. The summed E-state index contributed by atoms with van der Waals surface area (Å²) in [5.74, 6) is 0.699. The van der Waals surface area contributed by atoms with E-state index in [1.165, 1.54) is 4.90 Å². The number of aromatic nitrogens is 1. The van der Waals surface area contributed by atoms with Crippen LogP contribution in [0.3, 0.4) is 0 Å². The van der Waals surface area contributed by atoms with Gasteiger partial charge in [0.25, 0.3) is 11.8 Å². The Kier molecular flexibility index (Phi) is 4.93. The fraction of sp³-hybridized carbons (Fsp3) is 0.292. The molecule has 2 aliphatic rings. The van der Waals surface area contributed by atoms with Gasteiger partial charge in [0.15, 0.2) is 0 Å². The molecule has 1 saturated heterocycles. The normalized spacial score (nSPS) is 17.1. The van der Waals surface area contributed by atoms with Crippen molar-refractivity contribution < 1.29 is 9.59 Å². The number of hydrogen-bond acceptors (Lipinski definition) is 5. The Hall–Kier alpha value is -3.25. The maximum atomic E-state index is 12.5. The van der Waals surface area contributed by atoms with Crippen LogP contribution in [-0.2, 0) is 0 Å². The van der Waals surface area contributed by atoms with Crippen molar-refractivity contribution in [1.29, 1.82) is 0 Å². The second-order valence-electron chi connectivity index (χ2n) is 7.85. The van der Waals surface area contributed by atoms with Crippen LogP contribution in [0.25, 0.3) is 10.9 Å². The molecule has 0 atom stereocenters. The summed E-state index contributed by atoms with van der Waals surface area (Å²) in [6, 6.07) is 19.5. The van der Waals surface area contributed by atoms with E-state index in [-0.39, 0.29) is 11.8 Å². The van der Waals surface area contributed by atoms with Gasteiger partial charge in [-0.15, -0.1) is 0 Å². The number of pyridine rings is 1. The van der Waals surface area contributed by atoms with Gasteiger partial charge in [-0.1, -0.05) is 30.3 Å². The van der Waals surface area contributed by atoms with Gasteiger partial charge < -0.3 is 4.90 Å². The lowest BCUT2D eigenvalue weighted by atomic mass is 10.1. The van der Waals surface area contributed by atoms with E-state index in [9.17, 15) is 9.59 Å². The molecule has 2 amide bonds. The molecule has 2 aliphatic heterocycles. The zero-order valence-electron chi connectivity index (χ0n) is 16.8. The van der Waals surface area contributed by atoms with Crippen molar-refractivity contribution in [2.24, 2.45) is 0 Å². The number of hydrogen-bond donors (Lipinski definition) is 0. The fourth-order valence-electron chi connectivity index (χ4n) is 4.33. The second kappa shape index (κ2) is 7.88. The largest absolute Gasteiger partial charge is 0.354 e. The zero-order valence-corrected chi connectivity index (χ0v) is 16.8. The van der Waals surface area contributed by atoms with E-state index in [1.54, 1.807) is 24.3 Å². The van der Waals surface area contributed by atoms with E-state index in [0.29, 0.717) is 17.7 Å². The SMILES string of the molecule is O=C1c2ccccc2C(=O)N1CCCN1CCN(c2ccc3ccccc3n2)CC1. The minimum absolute atomic E-state index is 0.164. The maximum absolute atomic E-state index is 12.5. The van der Waals surface area contributed by atoms with Crippen molar-refractivity contribution in [3.05, 3.63) is 71.8 Å². The van der Waals surface area contributed by atoms with E-state index in [4.69, 9.17) is 4.98 Å². The molecule has 6 nitrogen and oxygen atoms in total. The summed E-state index contributed by atoms with van der Waals surface area (Å²) < 4.78 is 0. The number of carbonyl (C=O) groups is 2. The molecule has 0 bridgehead atoms. The predicted octanol–water partition coefficient (Wildman–Crippen LogP) is 3.04. The monoisotopic (exact) mass is 400 g/mol. The number of piperazine rings is 1. The molecule has 30 heavy (non-hydrogen) atoms. The molecule has 152 valence electrons. The van der Waals surface area contributed by atoms with Crippen molar-refractivity contribution in [3.63, 3.8) is 0 Å². The summed E-state index contributed by atoms with van der Waals surface area (Å²) in [7, 11) is 0. The molecule has 0 spiro atoms.